The molecule has 0 aliphatic rings. The molecule has 1 aromatic rings. The van der Waals surface area contributed by atoms with E-state index in [4.69, 9.17) is 5.73 Å². The van der Waals surface area contributed by atoms with E-state index in [2.05, 4.69) is 11.6 Å². The highest BCUT2D eigenvalue weighted by atomic mass is 35.5. The molecule has 0 radical (unpaired) electrons. The van der Waals surface area contributed by atoms with Gasteiger partial charge >= 0.3 is 0 Å². The molecule has 0 amide bonds. The largest absolute Gasteiger partial charge is 0.324 e. The molecule has 0 saturated carbocycles. The second-order valence-electron chi connectivity index (χ2n) is 2.75. The molecule has 0 spiro atoms. The maximum Gasteiger partial charge on any atom is 0.0298 e. The van der Waals surface area contributed by atoms with Crippen LogP contribution < -0.4 is 5.73 Å². The fourth-order valence-electron chi connectivity index (χ4n) is 1.07. The fourth-order valence-corrected chi connectivity index (χ4v) is 1.07. The first-order valence-electron chi connectivity index (χ1n) is 4.11. The summed E-state index contributed by atoms with van der Waals surface area (Å²) in [5, 5.41) is 0. The van der Waals surface area contributed by atoms with Crippen LogP contribution in [0.5, 0.6) is 0 Å². The van der Waals surface area contributed by atoms with Crippen LogP contribution in [-0.4, -0.2) is 4.98 Å². The van der Waals surface area contributed by atoms with Crippen molar-refractivity contribution in [2.24, 2.45) is 5.73 Å². The van der Waals surface area contributed by atoms with Crippen molar-refractivity contribution in [1.29, 1.82) is 0 Å². The SMILES string of the molecule is C=CCC[C@H](N)c1ccncc1.Cl. The van der Waals surface area contributed by atoms with Crippen LogP contribution in [-0.2, 0) is 0 Å². The Morgan fingerprint density at radius 3 is 2.62 bits per heavy atom. The van der Waals surface area contributed by atoms with E-state index in [-0.39, 0.29) is 18.4 Å². The van der Waals surface area contributed by atoms with E-state index in [9.17, 15) is 0 Å². The number of nitrogens with two attached hydrogens (primary N) is 1. The van der Waals surface area contributed by atoms with Gasteiger partial charge in [-0.15, -0.1) is 19.0 Å². The Bertz CT molecular complexity index is 236. The molecule has 0 unspecified atom stereocenters. The van der Waals surface area contributed by atoms with Crippen LogP contribution in [0.15, 0.2) is 37.2 Å². The van der Waals surface area contributed by atoms with Crippen LogP contribution in [0.3, 0.4) is 0 Å². The summed E-state index contributed by atoms with van der Waals surface area (Å²) in [6.45, 7) is 3.66. The Balaban J connectivity index is 0.00000144. The van der Waals surface area contributed by atoms with Gasteiger partial charge in [-0.1, -0.05) is 6.08 Å². The Morgan fingerprint density at radius 1 is 1.46 bits per heavy atom. The molecule has 1 rings (SSSR count). The van der Waals surface area contributed by atoms with E-state index >= 15 is 0 Å². The summed E-state index contributed by atoms with van der Waals surface area (Å²) in [4.78, 5) is 3.93. The van der Waals surface area contributed by atoms with Crippen LogP contribution in [0.2, 0.25) is 0 Å². The first-order chi connectivity index (χ1) is 5.84. The van der Waals surface area contributed by atoms with E-state index in [1.54, 1.807) is 12.4 Å². The van der Waals surface area contributed by atoms with Crippen molar-refractivity contribution >= 4 is 12.4 Å². The summed E-state index contributed by atoms with van der Waals surface area (Å²) in [6.07, 6.45) is 7.34. The normalized spacial score (nSPS) is 11.5. The van der Waals surface area contributed by atoms with Crippen molar-refractivity contribution in [1.82, 2.24) is 4.98 Å². The molecule has 0 aliphatic carbocycles. The lowest BCUT2D eigenvalue weighted by atomic mass is 10.0. The van der Waals surface area contributed by atoms with Crippen molar-refractivity contribution in [2.45, 2.75) is 18.9 Å². The molecule has 0 aromatic carbocycles. The van der Waals surface area contributed by atoms with E-state index in [1.165, 1.54) is 0 Å². The molecular formula is C10H15ClN2. The Labute approximate surface area is 85.3 Å². The van der Waals surface area contributed by atoms with Crippen molar-refractivity contribution in [3.63, 3.8) is 0 Å². The van der Waals surface area contributed by atoms with Crippen LogP contribution in [0.25, 0.3) is 0 Å². The molecule has 0 fully saturated rings. The van der Waals surface area contributed by atoms with Gasteiger partial charge in [0.1, 0.15) is 0 Å². The molecule has 72 valence electrons. The van der Waals surface area contributed by atoms with Gasteiger partial charge in [0.15, 0.2) is 0 Å². The van der Waals surface area contributed by atoms with Gasteiger partial charge in [-0.05, 0) is 30.5 Å². The fraction of sp³-hybridized carbons (Fsp3) is 0.300. The predicted octanol–water partition coefficient (Wildman–Crippen LogP) is 2.47. The summed E-state index contributed by atoms with van der Waals surface area (Å²) < 4.78 is 0. The molecular weight excluding hydrogens is 184 g/mol. The monoisotopic (exact) mass is 198 g/mol. The minimum absolute atomic E-state index is 0. The third-order valence-electron chi connectivity index (χ3n) is 1.82. The topological polar surface area (TPSA) is 38.9 Å². The third kappa shape index (κ3) is 4.06. The van der Waals surface area contributed by atoms with Gasteiger partial charge in [0.25, 0.3) is 0 Å². The highest BCUT2D eigenvalue weighted by Gasteiger charge is 2.02. The highest BCUT2D eigenvalue weighted by Crippen LogP contribution is 2.13. The minimum Gasteiger partial charge on any atom is -0.324 e. The molecule has 2 nitrogen and oxygen atoms in total. The second kappa shape index (κ2) is 6.63. The first-order valence-corrected chi connectivity index (χ1v) is 4.11. The van der Waals surface area contributed by atoms with Gasteiger partial charge < -0.3 is 5.73 Å². The number of aromatic nitrogens is 1. The van der Waals surface area contributed by atoms with E-state index in [0.29, 0.717) is 0 Å². The smallest absolute Gasteiger partial charge is 0.0298 e. The molecule has 0 saturated heterocycles. The number of allylic oxidation sites excluding steroid dienone is 1. The van der Waals surface area contributed by atoms with Gasteiger partial charge in [0.2, 0.25) is 0 Å². The number of halogens is 1. The zero-order valence-electron chi connectivity index (χ0n) is 7.52. The predicted molar refractivity (Wildman–Crippen MR) is 57.8 cm³/mol. The zero-order chi connectivity index (χ0) is 8.81. The summed E-state index contributed by atoms with van der Waals surface area (Å²) in [6, 6.07) is 4.02. The standard InChI is InChI=1S/C10H14N2.ClH/c1-2-3-4-10(11)9-5-7-12-8-6-9;/h2,5-8,10H,1,3-4,11H2;1H/t10-;/m0./s1. The summed E-state index contributed by atoms with van der Waals surface area (Å²) in [5.41, 5.74) is 7.05. The van der Waals surface area contributed by atoms with Gasteiger partial charge in [-0.3, -0.25) is 4.98 Å². The number of hydrogen-bond donors (Lipinski definition) is 1. The number of pyridine rings is 1. The number of rotatable bonds is 4. The molecule has 2 N–H and O–H groups in total. The van der Waals surface area contributed by atoms with Crippen molar-refractivity contribution < 1.29 is 0 Å². The van der Waals surface area contributed by atoms with Crippen molar-refractivity contribution in [2.75, 3.05) is 0 Å². The summed E-state index contributed by atoms with van der Waals surface area (Å²) >= 11 is 0. The van der Waals surface area contributed by atoms with Gasteiger partial charge in [0.05, 0.1) is 0 Å². The molecule has 3 heteroatoms. The summed E-state index contributed by atoms with van der Waals surface area (Å²) in [5.74, 6) is 0. The molecule has 0 bridgehead atoms. The van der Waals surface area contributed by atoms with Crippen LogP contribution >= 0.6 is 12.4 Å². The van der Waals surface area contributed by atoms with E-state index in [1.807, 2.05) is 18.2 Å². The van der Waals surface area contributed by atoms with Crippen LogP contribution in [0, 0.1) is 0 Å². The Morgan fingerprint density at radius 2 is 2.08 bits per heavy atom. The zero-order valence-corrected chi connectivity index (χ0v) is 8.33. The third-order valence-corrected chi connectivity index (χ3v) is 1.82. The van der Waals surface area contributed by atoms with Crippen LogP contribution in [0.1, 0.15) is 24.4 Å². The van der Waals surface area contributed by atoms with Crippen molar-refractivity contribution in [3.05, 3.63) is 42.7 Å². The average Bonchev–Trinajstić information content (AvgIpc) is 2.15. The number of hydrogen-bond acceptors (Lipinski definition) is 2. The van der Waals surface area contributed by atoms with Gasteiger partial charge in [-0.2, -0.15) is 0 Å². The molecule has 1 heterocycles. The molecule has 1 atom stereocenters. The molecule has 1 aromatic heterocycles. The quantitative estimate of drug-likeness (QED) is 0.755. The lowest BCUT2D eigenvalue weighted by molar-refractivity contribution is 0.660. The lowest BCUT2D eigenvalue weighted by Crippen LogP contribution is -2.09. The minimum atomic E-state index is 0. The molecule has 0 aliphatic heterocycles. The molecule has 13 heavy (non-hydrogen) atoms. The lowest BCUT2D eigenvalue weighted by Gasteiger charge is -2.09. The average molecular weight is 199 g/mol. The van der Waals surface area contributed by atoms with Crippen molar-refractivity contribution in [3.8, 4) is 0 Å². The van der Waals surface area contributed by atoms with Gasteiger partial charge in [0, 0.05) is 18.4 Å². The van der Waals surface area contributed by atoms with E-state index in [0.717, 1.165) is 18.4 Å². The highest BCUT2D eigenvalue weighted by molar-refractivity contribution is 5.85. The van der Waals surface area contributed by atoms with Gasteiger partial charge in [-0.25, -0.2) is 0 Å². The van der Waals surface area contributed by atoms with E-state index < -0.39 is 0 Å². The number of nitrogens with zero attached hydrogens (tertiary/aromatic N) is 1. The maximum absolute atomic E-state index is 5.91. The van der Waals surface area contributed by atoms with Crippen LogP contribution in [0.4, 0.5) is 0 Å². The maximum atomic E-state index is 5.91. The first kappa shape index (κ1) is 12.1. The Hall–Kier alpha value is -0.860. The Kier molecular flexibility index (Phi) is 6.20. The second-order valence-corrected chi connectivity index (χ2v) is 2.75. The summed E-state index contributed by atoms with van der Waals surface area (Å²) in [7, 11) is 0.